The lowest BCUT2D eigenvalue weighted by Gasteiger charge is -2.27. The number of halogens is 1. The Kier molecular flexibility index (Phi) is 6.01. The Hall–Kier alpha value is -0.430. The molecule has 0 bridgehead atoms. The number of methoxy groups -OCH3 is 1. The zero-order chi connectivity index (χ0) is 14.5. The minimum Gasteiger partial charge on any atom is -0.378 e. The van der Waals surface area contributed by atoms with E-state index in [0.717, 1.165) is 26.8 Å². The minimum atomic E-state index is 0.512. The van der Waals surface area contributed by atoms with Crippen molar-refractivity contribution in [2.75, 3.05) is 19.5 Å². The maximum absolute atomic E-state index is 5.26. The molecule has 0 spiro atoms. The van der Waals surface area contributed by atoms with Crippen LogP contribution in [0.25, 0.3) is 0 Å². The van der Waals surface area contributed by atoms with Gasteiger partial charge in [-0.05, 0) is 54.2 Å². The highest BCUT2D eigenvalue weighted by atomic mass is 127. The van der Waals surface area contributed by atoms with E-state index in [1.54, 1.807) is 7.11 Å². The topological polar surface area (TPSA) is 47.0 Å². The summed E-state index contributed by atoms with van der Waals surface area (Å²) in [5.74, 6) is 3.34. The number of nitrogens with one attached hydrogen (secondary N) is 1. The van der Waals surface area contributed by atoms with Gasteiger partial charge in [-0.3, -0.25) is 0 Å². The van der Waals surface area contributed by atoms with Crippen LogP contribution >= 0.6 is 22.6 Å². The third kappa shape index (κ3) is 3.61. The molecule has 1 heterocycles. The Bertz CT molecular complexity index is 445. The predicted octanol–water partition coefficient (Wildman–Crippen LogP) is 3.95. The molecule has 0 aliphatic heterocycles. The van der Waals surface area contributed by atoms with Gasteiger partial charge in [0.25, 0.3) is 0 Å². The fraction of sp³-hybridized carbons (Fsp3) is 0.733. The largest absolute Gasteiger partial charge is 0.378 e. The van der Waals surface area contributed by atoms with E-state index < -0.39 is 0 Å². The summed E-state index contributed by atoms with van der Waals surface area (Å²) in [6.45, 7) is 2.84. The summed E-state index contributed by atoms with van der Waals surface area (Å²) in [5.41, 5.74) is 1.00. The predicted molar refractivity (Wildman–Crippen MR) is 90.0 cm³/mol. The van der Waals surface area contributed by atoms with Gasteiger partial charge in [0.2, 0.25) is 0 Å². The van der Waals surface area contributed by atoms with Gasteiger partial charge in [-0.25, -0.2) is 9.97 Å². The average Bonchev–Trinajstić information content (AvgIpc) is 2.49. The second-order valence-electron chi connectivity index (χ2n) is 5.50. The molecule has 1 aliphatic carbocycles. The molecule has 2 rings (SSSR count). The Morgan fingerprint density at radius 3 is 2.50 bits per heavy atom. The van der Waals surface area contributed by atoms with E-state index in [1.165, 1.54) is 32.1 Å². The Balaban J connectivity index is 2.21. The minimum absolute atomic E-state index is 0.512. The molecular formula is C15H24IN3O. The molecule has 1 saturated carbocycles. The molecule has 5 heteroatoms. The zero-order valence-electron chi connectivity index (χ0n) is 12.6. The van der Waals surface area contributed by atoms with Gasteiger partial charge in [0.05, 0.1) is 15.9 Å². The number of nitrogens with zero attached hydrogens (tertiary/aromatic N) is 2. The van der Waals surface area contributed by atoms with Gasteiger partial charge in [-0.2, -0.15) is 0 Å². The highest BCUT2D eigenvalue weighted by Gasteiger charge is 2.24. The van der Waals surface area contributed by atoms with Crippen molar-refractivity contribution in [1.82, 2.24) is 9.97 Å². The quantitative estimate of drug-likeness (QED) is 0.775. The summed E-state index contributed by atoms with van der Waals surface area (Å²) in [6, 6.07) is 0. The lowest BCUT2D eigenvalue weighted by Crippen LogP contribution is -2.17. The van der Waals surface area contributed by atoms with Crippen LogP contribution in [0.2, 0.25) is 0 Å². The molecule has 0 saturated heterocycles. The van der Waals surface area contributed by atoms with Gasteiger partial charge in [0.1, 0.15) is 11.6 Å². The van der Waals surface area contributed by atoms with E-state index in [-0.39, 0.29) is 0 Å². The fourth-order valence-electron chi connectivity index (χ4n) is 2.92. The number of anilines is 1. The second-order valence-corrected chi connectivity index (χ2v) is 6.58. The Morgan fingerprint density at radius 1 is 1.25 bits per heavy atom. The van der Waals surface area contributed by atoms with Crippen LogP contribution in [0.3, 0.4) is 0 Å². The number of hydrogen-bond acceptors (Lipinski definition) is 4. The van der Waals surface area contributed by atoms with Crippen LogP contribution in [0.4, 0.5) is 5.82 Å². The van der Waals surface area contributed by atoms with E-state index in [1.807, 2.05) is 7.05 Å². The summed E-state index contributed by atoms with van der Waals surface area (Å²) in [5, 5.41) is 3.18. The zero-order valence-corrected chi connectivity index (χ0v) is 14.7. The number of ether oxygens (including phenoxy) is 1. The number of rotatable bonds is 5. The van der Waals surface area contributed by atoms with Crippen molar-refractivity contribution in [1.29, 1.82) is 0 Å². The molecule has 1 aromatic heterocycles. The first-order chi connectivity index (χ1) is 9.69. The van der Waals surface area contributed by atoms with E-state index >= 15 is 0 Å². The average molecular weight is 389 g/mol. The molecule has 1 aliphatic rings. The van der Waals surface area contributed by atoms with E-state index in [2.05, 4.69) is 34.8 Å². The molecule has 0 radical (unpaired) electrons. The molecule has 0 atom stereocenters. The first-order valence-corrected chi connectivity index (χ1v) is 8.50. The standard InChI is InChI=1S/C15H24IN3O/c1-4-10-5-7-11(8-6-10)14-18-12(9-20-3)13(16)15(17-2)19-14/h10-11H,4-9H2,1-3H3,(H,17,18,19). The van der Waals surface area contributed by atoms with Crippen molar-refractivity contribution >= 4 is 28.4 Å². The van der Waals surface area contributed by atoms with Crippen LogP contribution in [-0.2, 0) is 11.3 Å². The molecule has 0 amide bonds. The smallest absolute Gasteiger partial charge is 0.143 e. The number of aromatic nitrogens is 2. The third-order valence-corrected chi connectivity index (χ3v) is 5.38. The van der Waals surface area contributed by atoms with Crippen LogP contribution in [0.15, 0.2) is 0 Å². The monoisotopic (exact) mass is 389 g/mol. The maximum Gasteiger partial charge on any atom is 0.143 e. The highest BCUT2D eigenvalue weighted by Crippen LogP contribution is 2.36. The van der Waals surface area contributed by atoms with Gasteiger partial charge in [-0.1, -0.05) is 13.3 Å². The second kappa shape index (κ2) is 7.54. The normalized spacial score (nSPS) is 22.8. The summed E-state index contributed by atoms with van der Waals surface area (Å²) >= 11 is 2.29. The van der Waals surface area contributed by atoms with Crippen molar-refractivity contribution < 1.29 is 4.74 Å². The van der Waals surface area contributed by atoms with Gasteiger partial charge in [0, 0.05) is 20.1 Å². The first-order valence-electron chi connectivity index (χ1n) is 7.42. The molecule has 1 fully saturated rings. The van der Waals surface area contributed by atoms with E-state index in [9.17, 15) is 0 Å². The lowest BCUT2D eigenvalue weighted by atomic mass is 9.80. The number of hydrogen-bond donors (Lipinski definition) is 1. The first kappa shape index (κ1) is 15.9. The van der Waals surface area contributed by atoms with Crippen LogP contribution in [-0.4, -0.2) is 24.1 Å². The van der Waals surface area contributed by atoms with Gasteiger partial charge < -0.3 is 10.1 Å². The van der Waals surface area contributed by atoms with Crippen LogP contribution < -0.4 is 5.32 Å². The molecule has 20 heavy (non-hydrogen) atoms. The highest BCUT2D eigenvalue weighted by molar-refractivity contribution is 14.1. The molecule has 1 N–H and O–H groups in total. The van der Waals surface area contributed by atoms with Crippen LogP contribution in [0.5, 0.6) is 0 Å². The molecule has 0 aromatic carbocycles. The van der Waals surface area contributed by atoms with Crippen molar-refractivity contribution in [3.63, 3.8) is 0 Å². The van der Waals surface area contributed by atoms with Crippen molar-refractivity contribution in [2.45, 2.75) is 51.6 Å². The maximum atomic E-state index is 5.26. The van der Waals surface area contributed by atoms with Gasteiger partial charge in [-0.15, -0.1) is 0 Å². The Labute approximate surface area is 135 Å². The van der Waals surface area contributed by atoms with Crippen LogP contribution in [0.1, 0.15) is 56.5 Å². The summed E-state index contributed by atoms with van der Waals surface area (Å²) in [4.78, 5) is 9.48. The fourth-order valence-corrected chi connectivity index (χ4v) is 3.59. The van der Waals surface area contributed by atoms with Crippen molar-refractivity contribution in [2.24, 2.45) is 5.92 Å². The Morgan fingerprint density at radius 2 is 1.95 bits per heavy atom. The summed E-state index contributed by atoms with van der Waals surface area (Å²) < 4.78 is 6.33. The molecular weight excluding hydrogens is 365 g/mol. The summed E-state index contributed by atoms with van der Waals surface area (Å²) in [6.07, 6.45) is 6.36. The summed E-state index contributed by atoms with van der Waals surface area (Å²) in [7, 11) is 3.63. The molecule has 0 unspecified atom stereocenters. The lowest BCUT2D eigenvalue weighted by molar-refractivity contribution is 0.180. The van der Waals surface area contributed by atoms with E-state index in [0.29, 0.717) is 12.5 Å². The van der Waals surface area contributed by atoms with Crippen LogP contribution in [0, 0.1) is 9.49 Å². The van der Waals surface area contributed by atoms with Gasteiger partial charge >= 0.3 is 0 Å². The third-order valence-electron chi connectivity index (χ3n) is 4.24. The van der Waals surface area contributed by atoms with Crippen molar-refractivity contribution in [3.8, 4) is 0 Å². The van der Waals surface area contributed by atoms with Crippen molar-refractivity contribution in [3.05, 3.63) is 15.1 Å². The van der Waals surface area contributed by atoms with E-state index in [4.69, 9.17) is 14.7 Å². The molecule has 4 nitrogen and oxygen atoms in total. The SMILES string of the molecule is CCC1CCC(c2nc(COC)c(I)c(NC)n2)CC1. The molecule has 112 valence electrons. The molecule has 1 aromatic rings. The van der Waals surface area contributed by atoms with Gasteiger partial charge in [0.15, 0.2) is 0 Å².